The van der Waals surface area contributed by atoms with Crippen LogP contribution in [-0.2, 0) is 11.4 Å². The molecule has 1 saturated heterocycles. The standard InChI is InChI=1S/C35H33ClN2O3S/c1-6-40-31-19-27(18-28(36)33(31)41-21-26-14-8-7-9-15-26)20-32-34(39)38(30-17-11-13-23(3)25(30)5)35(42-32)37-29-16-10-12-22(2)24(29)4/h7-20H,6,21H2,1-5H3/b32-20-,37-35?. The summed E-state index contributed by atoms with van der Waals surface area (Å²) in [5.74, 6) is 0.860. The molecule has 7 heteroatoms. The molecule has 1 amide bonds. The van der Waals surface area contributed by atoms with Crippen LogP contribution in [0.2, 0.25) is 5.02 Å². The van der Waals surface area contributed by atoms with E-state index in [0.717, 1.165) is 44.8 Å². The van der Waals surface area contributed by atoms with E-state index in [0.29, 0.717) is 39.8 Å². The van der Waals surface area contributed by atoms with Gasteiger partial charge in [0.15, 0.2) is 16.7 Å². The van der Waals surface area contributed by atoms with E-state index in [1.54, 1.807) is 11.0 Å². The van der Waals surface area contributed by atoms with E-state index in [-0.39, 0.29) is 5.91 Å². The first-order valence-electron chi connectivity index (χ1n) is 13.8. The van der Waals surface area contributed by atoms with Gasteiger partial charge in [0.05, 0.1) is 27.9 Å². The molecule has 0 saturated carbocycles. The Morgan fingerprint density at radius 3 is 2.33 bits per heavy atom. The summed E-state index contributed by atoms with van der Waals surface area (Å²) in [5, 5.41) is 1.02. The number of benzene rings is 4. The molecular formula is C35H33ClN2O3S. The van der Waals surface area contributed by atoms with E-state index in [2.05, 4.69) is 13.0 Å². The van der Waals surface area contributed by atoms with Crippen LogP contribution in [0.4, 0.5) is 11.4 Å². The summed E-state index contributed by atoms with van der Waals surface area (Å²) in [4.78, 5) is 21.3. The Kier molecular flexibility index (Phi) is 9.05. The van der Waals surface area contributed by atoms with Crippen molar-refractivity contribution in [3.63, 3.8) is 0 Å². The van der Waals surface area contributed by atoms with E-state index < -0.39 is 0 Å². The molecule has 4 aromatic rings. The third-order valence-corrected chi connectivity index (χ3v) is 8.52. The lowest BCUT2D eigenvalue weighted by atomic mass is 10.1. The van der Waals surface area contributed by atoms with Gasteiger partial charge in [-0.05, 0) is 110 Å². The minimum absolute atomic E-state index is 0.142. The molecule has 5 rings (SSSR count). The van der Waals surface area contributed by atoms with E-state index in [1.807, 2.05) is 101 Å². The van der Waals surface area contributed by atoms with Crippen molar-refractivity contribution in [2.75, 3.05) is 11.5 Å². The van der Waals surface area contributed by atoms with Gasteiger partial charge in [0.25, 0.3) is 5.91 Å². The molecule has 0 atom stereocenters. The third kappa shape index (κ3) is 6.25. The molecule has 1 fully saturated rings. The average molecular weight is 597 g/mol. The van der Waals surface area contributed by atoms with Crippen molar-refractivity contribution in [3.8, 4) is 11.5 Å². The van der Waals surface area contributed by atoms with Crippen molar-refractivity contribution in [3.05, 3.63) is 122 Å². The van der Waals surface area contributed by atoms with Crippen LogP contribution in [0.15, 0.2) is 88.8 Å². The fourth-order valence-corrected chi connectivity index (χ4v) is 5.91. The predicted octanol–water partition coefficient (Wildman–Crippen LogP) is 9.36. The second-order valence-corrected chi connectivity index (χ2v) is 11.5. The molecule has 0 N–H and O–H groups in total. The number of hydrogen-bond donors (Lipinski definition) is 0. The van der Waals surface area contributed by atoms with Crippen LogP contribution in [0.25, 0.3) is 6.08 Å². The van der Waals surface area contributed by atoms with Gasteiger partial charge in [0.2, 0.25) is 0 Å². The van der Waals surface area contributed by atoms with Crippen LogP contribution in [0.5, 0.6) is 11.5 Å². The number of anilines is 1. The van der Waals surface area contributed by atoms with Crippen LogP contribution in [0.1, 0.15) is 40.3 Å². The molecule has 0 bridgehead atoms. The summed E-state index contributed by atoms with van der Waals surface area (Å²) in [5.41, 5.74) is 7.78. The fourth-order valence-electron chi connectivity index (χ4n) is 4.65. The first-order valence-corrected chi connectivity index (χ1v) is 15.0. The number of aliphatic imine (C=N–C) groups is 1. The van der Waals surface area contributed by atoms with Gasteiger partial charge in [-0.3, -0.25) is 9.69 Å². The summed E-state index contributed by atoms with van der Waals surface area (Å²) in [6.45, 7) is 10.9. The van der Waals surface area contributed by atoms with Crippen molar-refractivity contribution in [2.45, 2.75) is 41.2 Å². The highest BCUT2D eigenvalue weighted by atomic mass is 35.5. The maximum absolute atomic E-state index is 14.0. The highest BCUT2D eigenvalue weighted by Crippen LogP contribution is 2.42. The zero-order chi connectivity index (χ0) is 29.8. The zero-order valence-corrected chi connectivity index (χ0v) is 26.0. The van der Waals surface area contributed by atoms with Gasteiger partial charge >= 0.3 is 0 Å². The van der Waals surface area contributed by atoms with Gasteiger partial charge in [-0.2, -0.15) is 0 Å². The molecule has 0 aromatic heterocycles. The van der Waals surface area contributed by atoms with Crippen LogP contribution < -0.4 is 14.4 Å². The highest BCUT2D eigenvalue weighted by Gasteiger charge is 2.36. The Morgan fingerprint density at radius 2 is 1.60 bits per heavy atom. The topological polar surface area (TPSA) is 51.1 Å². The molecule has 5 nitrogen and oxygen atoms in total. The van der Waals surface area contributed by atoms with Crippen molar-refractivity contribution >= 4 is 51.9 Å². The van der Waals surface area contributed by atoms with Gasteiger partial charge in [-0.25, -0.2) is 4.99 Å². The molecule has 1 aliphatic rings. The summed E-state index contributed by atoms with van der Waals surface area (Å²) in [6.07, 6.45) is 1.84. The van der Waals surface area contributed by atoms with Crippen LogP contribution >= 0.6 is 23.4 Å². The van der Waals surface area contributed by atoms with Gasteiger partial charge in [0, 0.05) is 0 Å². The van der Waals surface area contributed by atoms with Crippen molar-refractivity contribution < 1.29 is 14.3 Å². The Bertz CT molecular complexity index is 1700. The Labute approximate surface area is 256 Å². The number of ether oxygens (including phenoxy) is 2. The monoisotopic (exact) mass is 596 g/mol. The average Bonchev–Trinajstić information content (AvgIpc) is 3.26. The molecular weight excluding hydrogens is 564 g/mol. The fraction of sp³-hybridized carbons (Fsp3) is 0.200. The van der Waals surface area contributed by atoms with Crippen LogP contribution in [-0.4, -0.2) is 17.7 Å². The first-order chi connectivity index (χ1) is 20.3. The predicted molar refractivity (Wildman–Crippen MR) is 175 cm³/mol. The quantitative estimate of drug-likeness (QED) is 0.190. The van der Waals surface area contributed by atoms with Crippen molar-refractivity contribution in [1.82, 2.24) is 0 Å². The third-order valence-electron chi connectivity index (χ3n) is 7.27. The normalized spacial score (nSPS) is 15.1. The number of hydrogen-bond acceptors (Lipinski definition) is 5. The van der Waals surface area contributed by atoms with Gasteiger partial charge in [-0.15, -0.1) is 0 Å². The van der Waals surface area contributed by atoms with E-state index in [4.69, 9.17) is 26.1 Å². The van der Waals surface area contributed by atoms with Crippen LogP contribution in [0, 0.1) is 27.7 Å². The molecule has 214 valence electrons. The Balaban J connectivity index is 1.54. The van der Waals surface area contributed by atoms with Gasteiger partial charge < -0.3 is 9.47 Å². The Hall–Kier alpha value is -4.00. The summed E-state index contributed by atoms with van der Waals surface area (Å²) in [6, 6.07) is 25.6. The number of halogens is 1. The molecule has 1 aliphatic heterocycles. The van der Waals surface area contributed by atoms with Crippen molar-refractivity contribution in [1.29, 1.82) is 0 Å². The number of carbonyl (C=O) groups excluding carboxylic acids is 1. The molecule has 42 heavy (non-hydrogen) atoms. The maximum atomic E-state index is 14.0. The lowest BCUT2D eigenvalue weighted by Crippen LogP contribution is -2.29. The van der Waals surface area contributed by atoms with E-state index >= 15 is 0 Å². The zero-order valence-electron chi connectivity index (χ0n) is 24.4. The maximum Gasteiger partial charge on any atom is 0.271 e. The SMILES string of the molecule is CCOc1cc(/C=C2\SC(=Nc3cccc(C)c3C)N(c3cccc(C)c3C)C2=O)cc(Cl)c1OCc1ccccc1. The molecule has 0 aliphatic carbocycles. The lowest BCUT2D eigenvalue weighted by Gasteiger charge is -2.19. The van der Waals surface area contributed by atoms with E-state index in [1.165, 1.54) is 11.8 Å². The largest absolute Gasteiger partial charge is 0.490 e. The number of amides is 1. The second kappa shape index (κ2) is 12.9. The second-order valence-electron chi connectivity index (χ2n) is 10.1. The molecule has 0 unspecified atom stereocenters. The smallest absolute Gasteiger partial charge is 0.271 e. The number of amidine groups is 1. The summed E-state index contributed by atoms with van der Waals surface area (Å²) < 4.78 is 12.0. The summed E-state index contributed by atoms with van der Waals surface area (Å²) >= 11 is 8.08. The first kappa shape index (κ1) is 29.5. The molecule has 1 heterocycles. The van der Waals surface area contributed by atoms with Crippen molar-refractivity contribution in [2.24, 2.45) is 4.99 Å². The Morgan fingerprint density at radius 1 is 0.881 bits per heavy atom. The summed E-state index contributed by atoms with van der Waals surface area (Å²) in [7, 11) is 0. The minimum Gasteiger partial charge on any atom is -0.490 e. The highest BCUT2D eigenvalue weighted by molar-refractivity contribution is 8.19. The number of aryl methyl sites for hydroxylation is 2. The number of rotatable bonds is 8. The number of thioether (sulfide) groups is 1. The lowest BCUT2D eigenvalue weighted by molar-refractivity contribution is -0.113. The molecule has 0 radical (unpaired) electrons. The molecule has 0 spiro atoms. The van der Waals surface area contributed by atoms with Gasteiger partial charge in [-0.1, -0.05) is 66.2 Å². The molecule has 4 aromatic carbocycles. The minimum atomic E-state index is -0.142. The van der Waals surface area contributed by atoms with Crippen LogP contribution in [0.3, 0.4) is 0 Å². The number of carbonyl (C=O) groups is 1. The van der Waals surface area contributed by atoms with Gasteiger partial charge in [0.1, 0.15) is 6.61 Å². The van der Waals surface area contributed by atoms with E-state index in [9.17, 15) is 4.79 Å². The number of nitrogens with zero attached hydrogens (tertiary/aromatic N) is 2.